The summed E-state index contributed by atoms with van der Waals surface area (Å²) < 4.78 is 0. The number of hydrogen-bond acceptors (Lipinski definition) is 12. The van der Waals surface area contributed by atoms with E-state index in [4.69, 9.17) is 0 Å². The van der Waals surface area contributed by atoms with Crippen molar-refractivity contribution in [1.29, 1.82) is 0 Å². The summed E-state index contributed by atoms with van der Waals surface area (Å²) in [7, 11) is 0. The van der Waals surface area contributed by atoms with Gasteiger partial charge in [0.2, 0.25) is 0 Å². The number of carbonyl (C=O) groups excluding carboxylic acids is 6. The van der Waals surface area contributed by atoms with Crippen LogP contribution < -0.4 is 0 Å². The van der Waals surface area contributed by atoms with Crippen molar-refractivity contribution in [3.05, 3.63) is 66.8 Å². The number of rotatable bonds is 12. The van der Waals surface area contributed by atoms with Gasteiger partial charge in [-0.05, 0) is 118 Å². The first kappa shape index (κ1) is 37.1. The minimum Gasteiger partial charge on any atom is -0.288 e. The van der Waals surface area contributed by atoms with Crippen molar-refractivity contribution in [3.8, 4) is 0 Å². The first-order valence-electron chi connectivity index (χ1n) is 16.7. The molecule has 3 aliphatic rings. The zero-order chi connectivity index (χ0) is 36.5. The molecule has 4 aromatic rings. The fraction of sp³-hybridized carbons (Fsp3) is 0.385. The molecule has 3 aliphatic carbocycles. The lowest BCUT2D eigenvalue weighted by molar-refractivity contribution is -0.109. The first-order valence-corrected chi connectivity index (χ1v) is 22.6. The highest BCUT2D eigenvalue weighted by atomic mass is 32.2. The predicted octanol–water partition coefficient (Wildman–Crippen LogP) is 9.54. The first-order chi connectivity index (χ1) is 24.3. The summed E-state index contributed by atoms with van der Waals surface area (Å²) in [6.07, 6.45) is 1.96. The summed E-state index contributed by atoms with van der Waals surface area (Å²) in [5, 5.41) is 7.55. The maximum absolute atomic E-state index is 12.5. The summed E-state index contributed by atoms with van der Waals surface area (Å²) in [5.41, 5.74) is 13.9. The molecule has 4 aromatic carbocycles. The van der Waals surface area contributed by atoms with Crippen molar-refractivity contribution in [2.75, 3.05) is 0 Å². The van der Waals surface area contributed by atoms with Gasteiger partial charge in [0.1, 0.15) is 0 Å². The molecule has 0 aliphatic heterocycles. The second-order valence-electron chi connectivity index (χ2n) is 13.2. The molecule has 51 heavy (non-hydrogen) atoms. The molecule has 6 nitrogen and oxygen atoms in total. The van der Waals surface area contributed by atoms with Crippen molar-refractivity contribution >= 4 is 134 Å². The normalized spacial score (nSPS) is 13.3. The van der Waals surface area contributed by atoms with E-state index in [1.54, 1.807) is 41.5 Å². The number of benzene rings is 4. The summed E-state index contributed by atoms with van der Waals surface area (Å²) in [5.74, 6) is 3.01. The van der Waals surface area contributed by atoms with Crippen LogP contribution in [0.15, 0.2) is 0 Å². The second-order valence-corrected chi connectivity index (χ2v) is 20.1. The topological polar surface area (TPSA) is 102 Å². The third kappa shape index (κ3) is 6.54. The van der Waals surface area contributed by atoms with Crippen LogP contribution in [0.1, 0.15) is 108 Å². The van der Waals surface area contributed by atoms with Gasteiger partial charge in [-0.2, -0.15) is 0 Å². The Bertz CT molecular complexity index is 1880. The van der Waals surface area contributed by atoms with Gasteiger partial charge >= 0.3 is 0 Å². The zero-order valence-electron chi connectivity index (χ0n) is 29.3. The lowest BCUT2D eigenvalue weighted by Crippen LogP contribution is -2.05. The smallest absolute Gasteiger partial charge is 0.186 e. The SMILES string of the molecule is CC(=O)SCc1c(CSC(C)=O)c2c3c4c1Cc1c(CSC(C)=O)c(CSC(C)=O)c5c(c14)c1c(c(CSC(C)=O)c(CSC(C)=O)c(c31)C2)C5. The molecule has 0 atom stereocenters. The fourth-order valence-corrected chi connectivity index (χ4v) is 12.5. The molecule has 0 spiro atoms. The molecule has 0 fully saturated rings. The highest BCUT2D eigenvalue weighted by Gasteiger charge is 2.40. The van der Waals surface area contributed by atoms with Crippen molar-refractivity contribution in [3.63, 3.8) is 0 Å². The Morgan fingerprint density at radius 3 is 0.569 bits per heavy atom. The third-order valence-corrected chi connectivity index (χ3v) is 15.2. The van der Waals surface area contributed by atoms with Crippen LogP contribution in [0, 0.1) is 0 Å². The van der Waals surface area contributed by atoms with E-state index in [-0.39, 0.29) is 30.7 Å². The Labute approximate surface area is 322 Å². The fourth-order valence-electron chi connectivity index (χ4n) is 8.35. The molecule has 7 rings (SSSR count). The average Bonchev–Trinajstić information content (AvgIpc) is 3.74. The average molecular weight is 793 g/mol. The van der Waals surface area contributed by atoms with Gasteiger partial charge in [0.25, 0.3) is 0 Å². The molecule has 12 heteroatoms. The summed E-state index contributed by atoms with van der Waals surface area (Å²) in [6, 6.07) is 0. The monoisotopic (exact) mass is 792 g/mol. The Morgan fingerprint density at radius 2 is 0.451 bits per heavy atom. The highest BCUT2D eigenvalue weighted by Crippen LogP contribution is 2.59. The van der Waals surface area contributed by atoms with E-state index in [0.29, 0.717) is 53.8 Å². The summed E-state index contributed by atoms with van der Waals surface area (Å²) in [4.78, 5) is 74.8. The summed E-state index contributed by atoms with van der Waals surface area (Å²) >= 11 is 7.76. The van der Waals surface area contributed by atoms with Crippen LogP contribution in [0.2, 0.25) is 0 Å². The zero-order valence-corrected chi connectivity index (χ0v) is 34.2. The molecule has 0 heterocycles. The van der Waals surface area contributed by atoms with Gasteiger partial charge < -0.3 is 0 Å². The third-order valence-electron chi connectivity index (χ3n) is 10.2. The molecule has 0 radical (unpaired) electrons. The lowest BCUT2D eigenvalue weighted by Gasteiger charge is -2.19. The van der Waals surface area contributed by atoms with E-state index in [9.17, 15) is 28.8 Å². The van der Waals surface area contributed by atoms with Crippen LogP contribution in [0.3, 0.4) is 0 Å². The Kier molecular flexibility index (Phi) is 10.6. The maximum Gasteiger partial charge on any atom is 0.186 e. The standard InChI is InChI=1S/C39H36O6S6/c1-16(40)46-10-28-22-7-24-30(12-48-18(3)42)32(14-50-20(5)44)26-9-27-33(15-51-21(6)45)31(13-49-19(4)43)25-8-23(29(28)11-47-17(2)41)35-34(22)36(24)38(26)39(27)37(25)35/h7-15H2,1-6H3. The number of carbonyl (C=O) groups is 6. The van der Waals surface area contributed by atoms with Crippen LogP contribution in [-0.2, 0) is 82.5 Å². The van der Waals surface area contributed by atoms with E-state index >= 15 is 0 Å². The molecule has 264 valence electrons. The Hall–Kier alpha value is -2.22. The van der Waals surface area contributed by atoms with Crippen LogP contribution in [0.5, 0.6) is 0 Å². The minimum absolute atomic E-state index is 0.0337. The van der Waals surface area contributed by atoms with Gasteiger partial charge in [0.15, 0.2) is 30.7 Å². The molecule has 0 aromatic heterocycles. The lowest BCUT2D eigenvalue weighted by atomic mass is 9.88. The maximum atomic E-state index is 12.5. The van der Waals surface area contributed by atoms with Gasteiger partial charge in [-0.15, -0.1) is 0 Å². The van der Waals surface area contributed by atoms with E-state index in [1.165, 1.54) is 136 Å². The van der Waals surface area contributed by atoms with Crippen LogP contribution >= 0.6 is 70.6 Å². The van der Waals surface area contributed by atoms with Crippen molar-refractivity contribution < 1.29 is 28.8 Å². The second kappa shape index (κ2) is 14.5. The largest absolute Gasteiger partial charge is 0.288 e. The van der Waals surface area contributed by atoms with Gasteiger partial charge in [0, 0.05) is 76.1 Å². The van der Waals surface area contributed by atoms with E-state index < -0.39 is 0 Å². The summed E-state index contributed by atoms with van der Waals surface area (Å²) in [6.45, 7) is 9.54. The predicted molar refractivity (Wildman–Crippen MR) is 219 cm³/mol. The van der Waals surface area contributed by atoms with Gasteiger partial charge in [0.05, 0.1) is 0 Å². The van der Waals surface area contributed by atoms with E-state index in [2.05, 4.69) is 0 Å². The molecule has 0 N–H and O–H groups in total. The Morgan fingerprint density at radius 1 is 0.314 bits per heavy atom. The molecular formula is C39H36O6S6. The Balaban J connectivity index is 1.65. The van der Waals surface area contributed by atoms with Gasteiger partial charge in [-0.3, -0.25) is 28.8 Å². The van der Waals surface area contributed by atoms with Gasteiger partial charge in [-0.1, -0.05) is 70.6 Å². The van der Waals surface area contributed by atoms with Gasteiger partial charge in [-0.25, -0.2) is 0 Å². The van der Waals surface area contributed by atoms with Crippen molar-refractivity contribution in [2.45, 2.75) is 95.3 Å². The van der Waals surface area contributed by atoms with E-state index in [1.807, 2.05) is 0 Å². The molecular weight excluding hydrogens is 757 g/mol. The van der Waals surface area contributed by atoms with Crippen molar-refractivity contribution in [1.82, 2.24) is 0 Å². The van der Waals surface area contributed by atoms with E-state index in [0.717, 1.165) is 33.4 Å². The molecule has 0 unspecified atom stereocenters. The number of thioether (sulfide) groups is 6. The minimum atomic E-state index is 0.0337. The van der Waals surface area contributed by atoms with Crippen LogP contribution in [0.25, 0.3) is 32.3 Å². The molecule has 0 bridgehead atoms. The molecule has 0 amide bonds. The molecule has 0 saturated heterocycles. The highest BCUT2D eigenvalue weighted by molar-refractivity contribution is 8.14. The quantitative estimate of drug-likeness (QED) is 0.110. The van der Waals surface area contributed by atoms with Crippen LogP contribution in [0.4, 0.5) is 0 Å². The van der Waals surface area contributed by atoms with Crippen LogP contribution in [-0.4, -0.2) is 30.7 Å². The molecule has 0 saturated carbocycles. The van der Waals surface area contributed by atoms with Crippen molar-refractivity contribution in [2.24, 2.45) is 0 Å². The number of hydrogen-bond donors (Lipinski definition) is 0.